The minimum atomic E-state index is -2.73. The number of rotatable bonds is 5. The molecule has 10 heteroatoms. The van der Waals surface area contributed by atoms with Gasteiger partial charge in [0.1, 0.15) is 11.6 Å². The molecule has 0 saturated heterocycles. The molecule has 6 nitrogen and oxygen atoms in total. The number of halogens is 4. The third-order valence-corrected chi connectivity index (χ3v) is 3.39. The topological polar surface area (TPSA) is 71.4 Å². The summed E-state index contributed by atoms with van der Waals surface area (Å²) < 4.78 is 56.4. The highest BCUT2D eigenvalue weighted by molar-refractivity contribution is 5.94. The Morgan fingerprint density at radius 2 is 1.76 bits per heavy atom. The van der Waals surface area contributed by atoms with E-state index in [2.05, 4.69) is 25.8 Å². The van der Waals surface area contributed by atoms with E-state index in [1.54, 1.807) is 6.92 Å². The summed E-state index contributed by atoms with van der Waals surface area (Å²) in [6, 6.07) is 2.73. The van der Waals surface area contributed by atoms with E-state index >= 15 is 0 Å². The number of alkyl halides is 2. The summed E-state index contributed by atoms with van der Waals surface area (Å²) in [7, 11) is 0. The van der Waals surface area contributed by atoms with Gasteiger partial charge in [0.25, 0.3) is 6.43 Å². The number of hydrazone groups is 1. The zero-order valence-corrected chi connectivity index (χ0v) is 12.9. The second-order valence-corrected chi connectivity index (χ2v) is 5.28. The van der Waals surface area contributed by atoms with Gasteiger partial charge >= 0.3 is 0 Å². The van der Waals surface area contributed by atoms with Crippen LogP contribution < -0.4 is 10.7 Å². The minimum Gasteiger partial charge on any atom is -0.444 e. The number of nitrogens with one attached hydrogen (secondary N) is 2. The van der Waals surface area contributed by atoms with Gasteiger partial charge in [0, 0.05) is 18.5 Å². The van der Waals surface area contributed by atoms with Crippen molar-refractivity contribution in [2.45, 2.75) is 25.6 Å². The van der Waals surface area contributed by atoms with Crippen LogP contribution in [0.25, 0.3) is 0 Å². The molecule has 0 bridgehead atoms. The van der Waals surface area contributed by atoms with Crippen molar-refractivity contribution in [3.8, 4) is 0 Å². The molecule has 3 rings (SSSR count). The molecule has 0 radical (unpaired) electrons. The van der Waals surface area contributed by atoms with Gasteiger partial charge in [-0.3, -0.25) is 5.43 Å². The van der Waals surface area contributed by atoms with Crippen LogP contribution in [0.1, 0.15) is 24.1 Å². The Hall–Kier alpha value is -2.91. The van der Waals surface area contributed by atoms with Crippen molar-refractivity contribution in [1.82, 2.24) is 15.4 Å². The lowest BCUT2D eigenvalue weighted by molar-refractivity contribution is 0.000572. The van der Waals surface area contributed by atoms with Crippen LogP contribution in [0.5, 0.6) is 0 Å². The van der Waals surface area contributed by atoms with Crippen LogP contribution in [-0.4, -0.2) is 28.5 Å². The molecule has 0 fully saturated rings. The van der Waals surface area contributed by atoms with Crippen molar-refractivity contribution in [2.24, 2.45) is 5.10 Å². The number of nitrogens with zero attached hydrogens (tertiary/aromatic N) is 3. The van der Waals surface area contributed by atoms with Gasteiger partial charge in [-0.2, -0.15) is 0 Å². The highest BCUT2D eigenvalue weighted by Crippen LogP contribution is 2.19. The predicted octanol–water partition coefficient (Wildman–Crippen LogP) is 2.80. The van der Waals surface area contributed by atoms with Gasteiger partial charge in [-0.25, -0.2) is 27.5 Å². The molecule has 0 saturated carbocycles. The van der Waals surface area contributed by atoms with Gasteiger partial charge in [0.2, 0.25) is 18.1 Å². The molecule has 0 aliphatic carbocycles. The fraction of sp³-hybridized carbons (Fsp3) is 0.267. The monoisotopic (exact) mass is 355 g/mol. The van der Waals surface area contributed by atoms with Crippen molar-refractivity contribution in [3.63, 3.8) is 0 Å². The molecule has 2 atom stereocenters. The van der Waals surface area contributed by atoms with E-state index in [0.717, 1.165) is 6.07 Å². The molecule has 2 N–H and O–H groups in total. The quantitative estimate of drug-likeness (QED) is 0.807. The highest BCUT2D eigenvalue weighted by Gasteiger charge is 2.29. The second kappa shape index (κ2) is 6.91. The van der Waals surface area contributed by atoms with Crippen LogP contribution in [0, 0.1) is 11.6 Å². The number of aromatic nitrogens is 2. The molecule has 25 heavy (non-hydrogen) atoms. The summed E-state index contributed by atoms with van der Waals surface area (Å²) in [5.74, 6) is -1.22. The average molecular weight is 355 g/mol. The van der Waals surface area contributed by atoms with E-state index < -0.39 is 30.3 Å². The first-order valence-corrected chi connectivity index (χ1v) is 7.25. The van der Waals surface area contributed by atoms with E-state index in [9.17, 15) is 17.6 Å². The van der Waals surface area contributed by atoms with Crippen molar-refractivity contribution in [1.29, 1.82) is 0 Å². The molecule has 0 amide bonds. The molecule has 2 unspecified atom stereocenters. The van der Waals surface area contributed by atoms with Gasteiger partial charge < -0.3 is 10.1 Å². The normalized spacial score (nSPS) is 17.7. The second-order valence-electron chi connectivity index (χ2n) is 5.28. The van der Waals surface area contributed by atoms with Crippen molar-refractivity contribution in [2.75, 3.05) is 5.32 Å². The van der Waals surface area contributed by atoms with Gasteiger partial charge in [0.05, 0.1) is 11.6 Å². The Labute approximate surface area is 139 Å². The Morgan fingerprint density at radius 3 is 2.32 bits per heavy atom. The Kier molecular flexibility index (Phi) is 4.68. The smallest absolute Gasteiger partial charge is 0.294 e. The van der Waals surface area contributed by atoms with E-state index in [-0.39, 0.29) is 11.8 Å². The lowest BCUT2D eigenvalue weighted by Gasteiger charge is -2.14. The summed E-state index contributed by atoms with van der Waals surface area (Å²) >= 11 is 0. The summed E-state index contributed by atoms with van der Waals surface area (Å²) in [6.07, 6.45) is -1.56. The zero-order valence-electron chi connectivity index (χ0n) is 12.9. The fourth-order valence-corrected chi connectivity index (χ4v) is 2.15. The summed E-state index contributed by atoms with van der Waals surface area (Å²) in [5, 5.41) is 6.53. The SMILES string of the molecule is CC(Nc1ncc(C2=NNC(C(F)F)O2)cn1)c1cc(F)cc(F)c1. The largest absolute Gasteiger partial charge is 0.444 e. The standard InChI is InChI=1S/C15H13F4N5O/c1-7(8-2-10(16)4-11(17)3-8)22-15-20-5-9(6-21-15)13-23-24-14(25-13)12(18)19/h2-7,12,14,24H,1H3,(H,20,21,22). The molecular formula is C15H13F4N5O. The maximum absolute atomic E-state index is 13.3. The van der Waals surface area contributed by atoms with Gasteiger partial charge in [0.15, 0.2) is 0 Å². The third-order valence-electron chi connectivity index (χ3n) is 3.39. The number of anilines is 1. The molecular weight excluding hydrogens is 342 g/mol. The fourth-order valence-electron chi connectivity index (χ4n) is 2.15. The molecule has 1 aliphatic rings. The van der Waals surface area contributed by atoms with E-state index in [4.69, 9.17) is 4.74 Å². The van der Waals surface area contributed by atoms with Gasteiger partial charge in [-0.1, -0.05) is 0 Å². The maximum Gasteiger partial charge on any atom is 0.294 e. The number of benzene rings is 1. The molecule has 0 spiro atoms. The van der Waals surface area contributed by atoms with Crippen LogP contribution in [0.4, 0.5) is 23.5 Å². The van der Waals surface area contributed by atoms with Crippen molar-refractivity contribution >= 4 is 11.8 Å². The molecule has 2 aromatic rings. The molecule has 132 valence electrons. The van der Waals surface area contributed by atoms with Gasteiger partial charge in [-0.15, -0.1) is 5.10 Å². The summed E-state index contributed by atoms with van der Waals surface area (Å²) in [6.45, 7) is 1.69. The predicted molar refractivity (Wildman–Crippen MR) is 81.0 cm³/mol. The number of hydrogen-bond acceptors (Lipinski definition) is 6. The first-order valence-electron chi connectivity index (χ1n) is 7.25. The van der Waals surface area contributed by atoms with Crippen LogP contribution in [0.2, 0.25) is 0 Å². The number of ether oxygens (including phenoxy) is 1. The third kappa shape index (κ3) is 3.95. The molecule has 1 aromatic heterocycles. The number of hydrogen-bond donors (Lipinski definition) is 2. The lowest BCUT2D eigenvalue weighted by atomic mass is 10.1. The van der Waals surface area contributed by atoms with Crippen molar-refractivity contribution in [3.05, 3.63) is 53.4 Å². The van der Waals surface area contributed by atoms with Gasteiger partial charge in [-0.05, 0) is 24.6 Å². The van der Waals surface area contributed by atoms with Crippen LogP contribution in [-0.2, 0) is 4.74 Å². The Balaban J connectivity index is 1.67. The van der Waals surface area contributed by atoms with Crippen LogP contribution in [0.15, 0.2) is 35.7 Å². The summed E-state index contributed by atoms with van der Waals surface area (Å²) in [5.41, 5.74) is 2.85. The van der Waals surface area contributed by atoms with Crippen molar-refractivity contribution < 1.29 is 22.3 Å². The summed E-state index contributed by atoms with van der Waals surface area (Å²) in [4.78, 5) is 8.04. The minimum absolute atomic E-state index is 0.0444. The first-order chi connectivity index (χ1) is 11.9. The Bertz CT molecular complexity index is 764. The van der Waals surface area contributed by atoms with E-state index in [1.165, 1.54) is 24.5 Å². The average Bonchev–Trinajstić information content (AvgIpc) is 3.05. The zero-order chi connectivity index (χ0) is 18.0. The van der Waals surface area contributed by atoms with Crippen LogP contribution in [0.3, 0.4) is 0 Å². The highest BCUT2D eigenvalue weighted by atomic mass is 19.3. The lowest BCUT2D eigenvalue weighted by Crippen LogP contribution is -2.30. The first kappa shape index (κ1) is 16.9. The molecule has 1 aromatic carbocycles. The maximum atomic E-state index is 13.3. The van der Waals surface area contributed by atoms with E-state index in [1.807, 2.05) is 0 Å². The Morgan fingerprint density at radius 1 is 1.12 bits per heavy atom. The molecule has 1 aliphatic heterocycles. The molecule has 2 heterocycles. The van der Waals surface area contributed by atoms with E-state index in [0.29, 0.717) is 11.1 Å². The van der Waals surface area contributed by atoms with Crippen LogP contribution >= 0.6 is 0 Å².